The van der Waals surface area contributed by atoms with Gasteiger partial charge in [-0.05, 0) is 65.0 Å². The number of ether oxygens (including phenoxy) is 1. The van der Waals surface area contributed by atoms with Gasteiger partial charge in [-0.2, -0.15) is 0 Å². The van der Waals surface area contributed by atoms with Gasteiger partial charge < -0.3 is 20.3 Å². The Bertz CT molecular complexity index is 786. The number of carbonyl (C=O) groups excluding carboxylic acids is 3. The number of rotatable bonds is 12. The molecular weight excluding hydrogens is 430 g/mol. The summed E-state index contributed by atoms with van der Waals surface area (Å²) in [6, 6.07) is 6.20. The highest BCUT2D eigenvalue weighted by molar-refractivity contribution is 5.92. The predicted octanol–water partition coefficient (Wildman–Crippen LogP) is 5.14. The van der Waals surface area contributed by atoms with Gasteiger partial charge >= 0.3 is 6.09 Å². The van der Waals surface area contributed by atoms with Crippen molar-refractivity contribution in [1.29, 1.82) is 0 Å². The highest BCUT2D eigenvalue weighted by Gasteiger charge is 2.34. The summed E-state index contributed by atoms with van der Waals surface area (Å²) in [5.41, 5.74) is 1.24. The fourth-order valence-corrected chi connectivity index (χ4v) is 3.73. The van der Waals surface area contributed by atoms with Gasteiger partial charge in [-0.1, -0.05) is 57.9 Å². The summed E-state index contributed by atoms with van der Waals surface area (Å²) in [6.45, 7) is 15.5. The molecule has 0 saturated carbocycles. The zero-order valence-electron chi connectivity index (χ0n) is 22.4. The van der Waals surface area contributed by atoms with Crippen molar-refractivity contribution in [2.24, 2.45) is 0 Å². The highest BCUT2D eigenvalue weighted by atomic mass is 16.6. The summed E-state index contributed by atoms with van der Waals surface area (Å²) in [6.07, 6.45) is 3.65. The van der Waals surface area contributed by atoms with Gasteiger partial charge in [-0.3, -0.25) is 9.59 Å². The van der Waals surface area contributed by atoms with E-state index in [4.69, 9.17) is 4.74 Å². The van der Waals surface area contributed by atoms with Crippen LogP contribution in [0.4, 0.5) is 4.79 Å². The van der Waals surface area contributed by atoms with Crippen LogP contribution in [0.15, 0.2) is 24.3 Å². The van der Waals surface area contributed by atoms with Crippen LogP contribution in [0, 0.1) is 0 Å². The van der Waals surface area contributed by atoms with E-state index in [1.54, 1.807) is 32.6 Å². The smallest absolute Gasteiger partial charge is 0.408 e. The highest BCUT2D eigenvalue weighted by Crippen LogP contribution is 2.24. The molecule has 3 unspecified atom stereocenters. The number of hydrogen-bond donors (Lipinski definition) is 2. The standard InChI is InChI=1S/C27H45N3O4/c1-9-12-18-30(25(32)20(5)29-26(33)34-27(6,7)8)23(24(31)28-19(4)13-10-2)22-16-14-21(11-3)15-17-22/h14-17,19-20,23H,9-13,18H2,1-8H3,(H,28,31)(H,29,33). The molecule has 7 heteroatoms. The second kappa shape index (κ2) is 14.0. The van der Waals surface area contributed by atoms with E-state index in [2.05, 4.69) is 24.5 Å². The Morgan fingerprint density at radius 3 is 2.09 bits per heavy atom. The Balaban J connectivity index is 3.29. The molecular formula is C27H45N3O4. The number of hydrogen-bond acceptors (Lipinski definition) is 4. The van der Waals surface area contributed by atoms with Crippen LogP contribution < -0.4 is 10.6 Å². The molecule has 0 aliphatic carbocycles. The third-order valence-electron chi connectivity index (χ3n) is 5.51. The molecule has 0 aliphatic rings. The number of aryl methyl sites for hydroxylation is 1. The Hall–Kier alpha value is -2.57. The molecule has 0 aromatic heterocycles. The molecule has 0 fully saturated rings. The van der Waals surface area contributed by atoms with Gasteiger partial charge in [-0.25, -0.2) is 4.79 Å². The summed E-state index contributed by atoms with van der Waals surface area (Å²) >= 11 is 0. The molecule has 3 atom stereocenters. The van der Waals surface area contributed by atoms with Gasteiger partial charge in [0.15, 0.2) is 0 Å². The maximum Gasteiger partial charge on any atom is 0.408 e. The number of carbonyl (C=O) groups is 3. The van der Waals surface area contributed by atoms with Gasteiger partial charge in [0.2, 0.25) is 11.8 Å². The first kappa shape index (κ1) is 29.5. The Labute approximate surface area is 206 Å². The molecule has 1 aromatic rings. The zero-order valence-corrected chi connectivity index (χ0v) is 22.4. The van der Waals surface area contributed by atoms with Crippen LogP contribution in [0.5, 0.6) is 0 Å². The van der Waals surface area contributed by atoms with Gasteiger partial charge in [0, 0.05) is 12.6 Å². The molecule has 192 valence electrons. The minimum atomic E-state index is -0.843. The maximum atomic E-state index is 13.6. The zero-order chi connectivity index (χ0) is 25.9. The average molecular weight is 476 g/mol. The third kappa shape index (κ3) is 9.74. The van der Waals surface area contributed by atoms with E-state index in [9.17, 15) is 14.4 Å². The molecule has 7 nitrogen and oxygen atoms in total. The van der Waals surface area contributed by atoms with Crippen LogP contribution in [0.1, 0.15) is 98.2 Å². The number of nitrogens with zero attached hydrogens (tertiary/aromatic N) is 1. The van der Waals surface area contributed by atoms with Crippen LogP contribution >= 0.6 is 0 Å². The molecule has 0 saturated heterocycles. The first-order valence-electron chi connectivity index (χ1n) is 12.6. The van der Waals surface area contributed by atoms with Crippen molar-refractivity contribution in [2.45, 2.75) is 111 Å². The number of alkyl carbamates (subject to hydrolysis) is 1. The lowest BCUT2D eigenvalue weighted by Crippen LogP contribution is -2.52. The molecule has 0 aliphatic heterocycles. The fourth-order valence-electron chi connectivity index (χ4n) is 3.73. The molecule has 34 heavy (non-hydrogen) atoms. The monoisotopic (exact) mass is 475 g/mol. The van der Waals surface area contributed by atoms with Crippen molar-refractivity contribution in [1.82, 2.24) is 15.5 Å². The quantitative estimate of drug-likeness (QED) is 0.438. The van der Waals surface area contributed by atoms with E-state index < -0.39 is 23.8 Å². The fraction of sp³-hybridized carbons (Fsp3) is 0.667. The predicted molar refractivity (Wildman–Crippen MR) is 137 cm³/mol. The number of unbranched alkanes of at least 4 members (excludes halogenated alkanes) is 1. The van der Waals surface area contributed by atoms with Crippen molar-refractivity contribution in [3.05, 3.63) is 35.4 Å². The van der Waals surface area contributed by atoms with Crippen LogP contribution in [-0.4, -0.2) is 47.0 Å². The first-order chi connectivity index (χ1) is 15.9. The van der Waals surface area contributed by atoms with Crippen LogP contribution in [-0.2, 0) is 20.7 Å². The van der Waals surface area contributed by atoms with E-state index in [0.717, 1.165) is 43.2 Å². The SMILES string of the molecule is CCCCN(C(=O)C(C)NC(=O)OC(C)(C)C)C(C(=O)NC(C)CCC)c1ccc(CC)cc1. The van der Waals surface area contributed by atoms with E-state index >= 15 is 0 Å². The Kier molecular flexibility index (Phi) is 12.1. The van der Waals surface area contributed by atoms with Crippen molar-refractivity contribution in [2.75, 3.05) is 6.54 Å². The number of nitrogens with one attached hydrogen (secondary N) is 2. The molecule has 0 bridgehead atoms. The lowest BCUT2D eigenvalue weighted by molar-refractivity contribution is -0.142. The molecule has 3 amide bonds. The van der Waals surface area contributed by atoms with E-state index in [0.29, 0.717) is 6.54 Å². The molecule has 0 spiro atoms. The lowest BCUT2D eigenvalue weighted by Gasteiger charge is -2.34. The van der Waals surface area contributed by atoms with E-state index in [1.165, 1.54) is 0 Å². The summed E-state index contributed by atoms with van der Waals surface area (Å²) < 4.78 is 5.32. The van der Waals surface area contributed by atoms with Gasteiger partial charge in [0.25, 0.3) is 0 Å². The summed E-state index contributed by atoms with van der Waals surface area (Å²) in [4.78, 5) is 41.0. The summed E-state index contributed by atoms with van der Waals surface area (Å²) in [5, 5.41) is 5.72. The van der Waals surface area contributed by atoms with Crippen molar-refractivity contribution in [3.8, 4) is 0 Å². The van der Waals surface area contributed by atoms with Crippen LogP contribution in [0.3, 0.4) is 0 Å². The average Bonchev–Trinajstić information content (AvgIpc) is 2.74. The minimum absolute atomic E-state index is 0.00430. The molecule has 0 heterocycles. The Morgan fingerprint density at radius 2 is 1.59 bits per heavy atom. The second-order valence-electron chi connectivity index (χ2n) is 9.95. The Morgan fingerprint density at radius 1 is 0.971 bits per heavy atom. The van der Waals surface area contributed by atoms with Crippen molar-refractivity contribution >= 4 is 17.9 Å². The van der Waals surface area contributed by atoms with Gasteiger partial charge in [0.05, 0.1) is 0 Å². The number of amides is 3. The summed E-state index contributed by atoms with van der Waals surface area (Å²) in [7, 11) is 0. The number of benzene rings is 1. The van der Waals surface area contributed by atoms with Crippen molar-refractivity contribution in [3.63, 3.8) is 0 Å². The second-order valence-corrected chi connectivity index (χ2v) is 9.95. The molecule has 0 radical (unpaired) electrons. The van der Waals surface area contributed by atoms with E-state index in [1.807, 2.05) is 38.1 Å². The molecule has 1 aromatic carbocycles. The molecule has 2 N–H and O–H groups in total. The third-order valence-corrected chi connectivity index (χ3v) is 5.51. The first-order valence-corrected chi connectivity index (χ1v) is 12.6. The van der Waals surface area contributed by atoms with Gasteiger partial charge in [-0.15, -0.1) is 0 Å². The van der Waals surface area contributed by atoms with E-state index in [-0.39, 0.29) is 17.9 Å². The topological polar surface area (TPSA) is 87.7 Å². The largest absolute Gasteiger partial charge is 0.444 e. The van der Waals surface area contributed by atoms with Crippen LogP contribution in [0.2, 0.25) is 0 Å². The lowest BCUT2D eigenvalue weighted by atomic mass is 9.99. The summed E-state index contributed by atoms with van der Waals surface area (Å²) in [5.74, 6) is -0.527. The van der Waals surface area contributed by atoms with Crippen LogP contribution in [0.25, 0.3) is 0 Å². The molecule has 1 rings (SSSR count). The normalized spacial score (nSPS) is 14.0. The van der Waals surface area contributed by atoms with Gasteiger partial charge in [0.1, 0.15) is 17.7 Å². The maximum absolute atomic E-state index is 13.6. The minimum Gasteiger partial charge on any atom is -0.444 e. The van der Waals surface area contributed by atoms with Crippen molar-refractivity contribution < 1.29 is 19.1 Å².